The molecule has 0 amide bonds. The molecule has 2 heterocycles. The normalized spacial score (nSPS) is 10.8. The lowest BCUT2D eigenvalue weighted by Crippen LogP contribution is -2.12. The number of hydrogen-bond acceptors (Lipinski definition) is 4. The third-order valence-electron chi connectivity index (χ3n) is 2.79. The molecule has 0 bridgehead atoms. The summed E-state index contributed by atoms with van der Waals surface area (Å²) in [7, 11) is 0. The minimum atomic E-state index is 0.915. The molecule has 0 fully saturated rings. The lowest BCUT2D eigenvalue weighted by molar-refractivity contribution is 0.681. The van der Waals surface area contributed by atoms with Crippen molar-refractivity contribution in [1.82, 2.24) is 15.3 Å². The molecule has 1 N–H and O–H groups in total. The van der Waals surface area contributed by atoms with Crippen LogP contribution in [0.2, 0.25) is 0 Å². The van der Waals surface area contributed by atoms with Gasteiger partial charge in [-0.2, -0.15) is 0 Å². The van der Waals surface area contributed by atoms with Gasteiger partial charge in [0.15, 0.2) is 0 Å². The molecule has 0 aromatic carbocycles. The third-order valence-corrected chi connectivity index (χ3v) is 3.83. The van der Waals surface area contributed by atoms with Gasteiger partial charge < -0.3 is 5.32 Å². The van der Waals surface area contributed by atoms with Gasteiger partial charge in [0.1, 0.15) is 5.01 Å². The van der Waals surface area contributed by atoms with Gasteiger partial charge in [0.25, 0.3) is 0 Å². The SMILES string of the molecule is CCCNCc1cnc(-c2ccncc2CC)s1. The smallest absolute Gasteiger partial charge is 0.123 e. The molecule has 2 rings (SSSR count). The molecule has 0 aliphatic heterocycles. The number of hydrogen-bond donors (Lipinski definition) is 1. The molecule has 0 radical (unpaired) electrons. The number of nitrogens with one attached hydrogen (secondary N) is 1. The standard InChI is InChI=1S/C14H19N3S/c1-3-6-15-9-12-10-17-14(18-12)13-5-7-16-8-11(13)4-2/h5,7-8,10,15H,3-4,6,9H2,1-2H3. The predicted molar refractivity (Wildman–Crippen MR) is 76.7 cm³/mol. The average Bonchev–Trinajstić information content (AvgIpc) is 2.88. The Balaban J connectivity index is 2.13. The molecule has 4 heteroatoms. The zero-order valence-electron chi connectivity index (χ0n) is 10.9. The molecule has 0 saturated carbocycles. The van der Waals surface area contributed by atoms with Crippen LogP contribution in [0.1, 0.15) is 30.7 Å². The van der Waals surface area contributed by atoms with E-state index in [1.165, 1.54) is 16.0 Å². The Labute approximate surface area is 112 Å². The number of nitrogens with zero attached hydrogens (tertiary/aromatic N) is 2. The number of pyridine rings is 1. The molecule has 0 aliphatic carbocycles. The van der Waals surface area contributed by atoms with Gasteiger partial charge in [0, 0.05) is 35.6 Å². The van der Waals surface area contributed by atoms with Gasteiger partial charge >= 0.3 is 0 Å². The summed E-state index contributed by atoms with van der Waals surface area (Å²) in [4.78, 5) is 9.99. The zero-order chi connectivity index (χ0) is 12.8. The molecule has 0 saturated heterocycles. The maximum atomic E-state index is 4.52. The summed E-state index contributed by atoms with van der Waals surface area (Å²) in [5.41, 5.74) is 2.49. The second-order valence-corrected chi connectivity index (χ2v) is 5.31. The molecule has 2 aromatic heterocycles. The maximum absolute atomic E-state index is 4.52. The van der Waals surface area contributed by atoms with Crippen LogP contribution < -0.4 is 5.32 Å². The van der Waals surface area contributed by atoms with Crippen molar-refractivity contribution in [2.45, 2.75) is 33.2 Å². The van der Waals surface area contributed by atoms with Gasteiger partial charge in [-0.25, -0.2) is 4.98 Å². The Morgan fingerprint density at radius 2 is 2.17 bits per heavy atom. The summed E-state index contributed by atoms with van der Waals surface area (Å²) in [5.74, 6) is 0. The van der Waals surface area contributed by atoms with E-state index < -0.39 is 0 Å². The number of aryl methyl sites for hydroxylation is 1. The Morgan fingerprint density at radius 3 is 2.94 bits per heavy atom. The van der Waals surface area contributed by atoms with Crippen LogP contribution in [0.3, 0.4) is 0 Å². The fraction of sp³-hybridized carbons (Fsp3) is 0.429. The molecule has 0 unspecified atom stereocenters. The highest BCUT2D eigenvalue weighted by atomic mass is 32.1. The molecule has 3 nitrogen and oxygen atoms in total. The summed E-state index contributed by atoms with van der Waals surface area (Å²) in [6.07, 6.45) is 7.90. The van der Waals surface area contributed by atoms with E-state index >= 15 is 0 Å². The van der Waals surface area contributed by atoms with E-state index in [4.69, 9.17) is 0 Å². The lowest BCUT2D eigenvalue weighted by atomic mass is 10.1. The van der Waals surface area contributed by atoms with Gasteiger partial charge in [-0.1, -0.05) is 13.8 Å². The first kappa shape index (κ1) is 13.2. The van der Waals surface area contributed by atoms with Gasteiger partial charge in [0.05, 0.1) is 0 Å². The fourth-order valence-electron chi connectivity index (χ4n) is 1.82. The molecule has 0 aliphatic rings. The Bertz CT molecular complexity index is 493. The van der Waals surface area contributed by atoms with E-state index in [1.807, 2.05) is 18.6 Å². The van der Waals surface area contributed by atoms with Crippen LogP contribution in [0, 0.1) is 0 Å². The first-order valence-electron chi connectivity index (χ1n) is 6.43. The van der Waals surface area contributed by atoms with Crippen molar-refractivity contribution in [2.24, 2.45) is 0 Å². The molecule has 18 heavy (non-hydrogen) atoms. The van der Waals surface area contributed by atoms with Gasteiger partial charge in [-0.15, -0.1) is 11.3 Å². The van der Waals surface area contributed by atoms with Crippen molar-refractivity contribution in [1.29, 1.82) is 0 Å². The minimum Gasteiger partial charge on any atom is -0.312 e. The summed E-state index contributed by atoms with van der Waals surface area (Å²) in [6.45, 7) is 6.30. The first-order valence-corrected chi connectivity index (χ1v) is 7.25. The summed E-state index contributed by atoms with van der Waals surface area (Å²) < 4.78 is 0. The van der Waals surface area contributed by atoms with Crippen LogP contribution in [-0.2, 0) is 13.0 Å². The third kappa shape index (κ3) is 3.15. The van der Waals surface area contributed by atoms with Crippen molar-refractivity contribution in [3.05, 3.63) is 35.1 Å². The Morgan fingerprint density at radius 1 is 1.28 bits per heavy atom. The van der Waals surface area contributed by atoms with Crippen molar-refractivity contribution in [3.8, 4) is 10.6 Å². The quantitative estimate of drug-likeness (QED) is 0.811. The van der Waals surface area contributed by atoms with Gasteiger partial charge in [-0.3, -0.25) is 4.98 Å². The van der Waals surface area contributed by atoms with E-state index in [1.54, 1.807) is 11.3 Å². The van der Waals surface area contributed by atoms with E-state index in [9.17, 15) is 0 Å². The van der Waals surface area contributed by atoms with Crippen LogP contribution in [-0.4, -0.2) is 16.5 Å². The van der Waals surface area contributed by atoms with E-state index in [0.29, 0.717) is 0 Å². The van der Waals surface area contributed by atoms with E-state index in [-0.39, 0.29) is 0 Å². The Hall–Kier alpha value is -1.26. The van der Waals surface area contributed by atoms with Crippen molar-refractivity contribution >= 4 is 11.3 Å². The van der Waals surface area contributed by atoms with Crippen molar-refractivity contribution in [3.63, 3.8) is 0 Å². The predicted octanol–water partition coefficient (Wildman–Crippen LogP) is 3.27. The molecular weight excluding hydrogens is 242 g/mol. The van der Waals surface area contributed by atoms with Crippen LogP contribution in [0.25, 0.3) is 10.6 Å². The zero-order valence-corrected chi connectivity index (χ0v) is 11.8. The van der Waals surface area contributed by atoms with Crippen molar-refractivity contribution < 1.29 is 0 Å². The van der Waals surface area contributed by atoms with Crippen molar-refractivity contribution in [2.75, 3.05) is 6.54 Å². The van der Waals surface area contributed by atoms with Crippen LogP contribution in [0.15, 0.2) is 24.7 Å². The van der Waals surface area contributed by atoms with E-state index in [0.717, 1.165) is 30.9 Å². The topological polar surface area (TPSA) is 37.8 Å². The monoisotopic (exact) mass is 261 g/mol. The number of thiazole rings is 1. The first-order chi connectivity index (χ1) is 8.85. The van der Waals surface area contributed by atoms with Crippen LogP contribution in [0.4, 0.5) is 0 Å². The maximum Gasteiger partial charge on any atom is 0.123 e. The summed E-state index contributed by atoms with van der Waals surface area (Å²) in [5, 5.41) is 4.50. The molecule has 0 spiro atoms. The fourth-order valence-corrected chi connectivity index (χ4v) is 2.76. The highest BCUT2D eigenvalue weighted by Gasteiger charge is 2.08. The number of aromatic nitrogens is 2. The summed E-state index contributed by atoms with van der Waals surface area (Å²) >= 11 is 1.76. The van der Waals surface area contributed by atoms with Crippen LogP contribution in [0.5, 0.6) is 0 Å². The minimum absolute atomic E-state index is 0.915. The largest absolute Gasteiger partial charge is 0.312 e. The van der Waals surface area contributed by atoms with E-state index in [2.05, 4.69) is 35.2 Å². The highest BCUT2D eigenvalue weighted by molar-refractivity contribution is 7.15. The van der Waals surface area contributed by atoms with Crippen LogP contribution >= 0.6 is 11.3 Å². The second kappa shape index (κ2) is 6.61. The average molecular weight is 261 g/mol. The molecule has 0 atom stereocenters. The van der Waals surface area contributed by atoms with Gasteiger partial charge in [-0.05, 0) is 31.0 Å². The second-order valence-electron chi connectivity index (χ2n) is 4.19. The molecule has 2 aromatic rings. The number of rotatable bonds is 6. The molecular formula is C14H19N3S. The highest BCUT2D eigenvalue weighted by Crippen LogP contribution is 2.27. The molecule has 96 valence electrons. The van der Waals surface area contributed by atoms with Gasteiger partial charge in [0.2, 0.25) is 0 Å². The Kier molecular flexibility index (Phi) is 4.84. The lowest BCUT2D eigenvalue weighted by Gasteiger charge is -2.02. The summed E-state index contributed by atoms with van der Waals surface area (Å²) in [6, 6.07) is 2.06.